The van der Waals surface area contributed by atoms with Crippen molar-refractivity contribution in [3.63, 3.8) is 0 Å². The highest BCUT2D eigenvalue weighted by Crippen LogP contribution is 2.62. The molecule has 1 N–H and O–H groups in total. The highest BCUT2D eigenvalue weighted by molar-refractivity contribution is 5.90. The maximum atomic E-state index is 13.9. The van der Waals surface area contributed by atoms with E-state index in [1.807, 2.05) is 0 Å². The maximum absolute atomic E-state index is 13.9. The van der Waals surface area contributed by atoms with Crippen LogP contribution in [0.15, 0.2) is 0 Å². The van der Waals surface area contributed by atoms with Gasteiger partial charge in [-0.05, 0) is 25.7 Å². The third-order valence-electron chi connectivity index (χ3n) is 3.72. The number of nitrogens with one attached hydrogen (secondary N) is 1. The van der Waals surface area contributed by atoms with Crippen LogP contribution in [0.25, 0.3) is 0 Å². The van der Waals surface area contributed by atoms with Crippen molar-refractivity contribution in [1.29, 1.82) is 0 Å². The highest BCUT2D eigenvalue weighted by Gasteiger charge is 2.61. The number of ether oxygens (including phenoxy) is 1. The van der Waals surface area contributed by atoms with Crippen molar-refractivity contribution in [1.82, 2.24) is 10.2 Å². The Labute approximate surface area is 96.3 Å². The Kier molecular flexibility index (Phi) is 2.06. The second-order valence-electron chi connectivity index (χ2n) is 4.49. The molecular weight excluding hydrogens is 230 g/mol. The molecular formula is C11H12F2N2O2. The molecule has 0 spiro atoms. The van der Waals surface area contributed by atoms with Gasteiger partial charge in [-0.2, -0.15) is 13.9 Å². The molecule has 2 aliphatic carbocycles. The first-order valence-corrected chi connectivity index (χ1v) is 5.71. The Morgan fingerprint density at radius 3 is 2.94 bits per heavy atom. The first-order valence-electron chi connectivity index (χ1n) is 5.71. The zero-order valence-corrected chi connectivity index (χ0v) is 9.30. The quantitative estimate of drug-likeness (QED) is 0.809. The average Bonchev–Trinajstić information content (AvgIpc) is 2.65. The summed E-state index contributed by atoms with van der Waals surface area (Å²) < 4.78 is 32.6. The maximum Gasteiger partial charge on any atom is 0.359 e. The second kappa shape index (κ2) is 3.27. The number of hydrogen-bond donors (Lipinski definition) is 1. The number of aromatic nitrogens is 2. The molecule has 1 fully saturated rings. The monoisotopic (exact) mass is 242 g/mol. The number of rotatable bonds is 2. The summed E-state index contributed by atoms with van der Waals surface area (Å²) >= 11 is 0. The summed E-state index contributed by atoms with van der Waals surface area (Å²) in [4.78, 5) is 11.6. The number of nitrogens with zero attached hydrogens (tertiary/aromatic N) is 1. The molecule has 17 heavy (non-hydrogen) atoms. The molecule has 1 aromatic heterocycles. The van der Waals surface area contributed by atoms with E-state index in [0.717, 1.165) is 0 Å². The summed E-state index contributed by atoms with van der Waals surface area (Å²) in [6, 6.07) is 0. The fourth-order valence-electron chi connectivity index (χ4n) is 2.79. The van der Waals surface area contributed by atoms with Crippen molar-refractivity contribution in [2.75, 3.05) is 6.61 Å². The lowest BCUT2D eigenvalue weighted by Crippen LogP contribution is -2.31. The fourth-order valence-corrected chi connectivity index (χ4v) is 2.79. The van der Waals surface area contributed by atoms with Crippen molar-refractivity contribution in [2.45, 2.75) is 31.6 Å². The van der Waals surface area contributed by atoms with Crippen molar-refractivity contribution in [2.24, 2.45) is 5.92 Å². The van der Waals surface area contributed by atoms with Crippen LogP contribution < -0.4 is 0 Å². The Hall–Kier alpha value is -1.46. The Bertz CT molecular complexity index is 484. The van der Waals surface area contributed by atoms with Crippen LogP contribution in [-0.2, 0) is 10.7 Å². The lowest BCUT2D eigenvalue weighted by molar-refractivity contribution is -0.0906. The van der Waals surface area contributed by atoms with Crippen LogP contribution in [0.1, 0.15) is 47.4 Å². The van der Waals surface area contributed by atoms with E-state index < -0.39 is 17.8 Å². The predicted octanol–water partition coefficient (Wildman–Crippen LogP) is 2.19. The number of aromatic amines is 1. The van der Waals surface area contributed by atoms with Gasteiger partial charge in [0.25, 0.3) is 5.92 Å². The van der Waals surface area contributed by atoms with E-state index >= 15 is 0 Å². The van der Waals surface area contributed by atoms with Gasteiger partial charge in [0.05, 0.1) is 6.61 Å². The van der Waals surface area contributed by atoms with Crippen LogP contribution in [0, 0.1) is 5.92 Å². The number of carbonyl (C=O) groups excluding carboxylic acids is 1. The molecule has 1 saturated carbocycles. The third kappa shape index (κ3) is 1.21. The van der Waals surface area contributed by atoms with Gasteiger partial charge < -0.3 is 4.74 Å². The van der Waals surface area contributed by atoms with Gasteiger partial charge in [0.15, 0.2) is 5.69 Å². The van der Waals surface area contributed by atoms with Gasteiger partial charge in [-0.3, -0.25) is 5.10 Å². The summed E-state index contributed by atoms with van der Waals surface area (Å²) in [5.74, 6) is -4.40. The van der Waals surface area contributed by atoms with Gasteiger partial charge in [0.2, 0.25) is 0 Å². The molecule has 0 bridgehead atoms. The largest absolute Gasteiger partial charge is 0.461 e. The van der Waals surface area contributed by atoms with Gasteiger partial charge in [-0.1, -0.05) is 0 Å². The van der Waals surface area contributed by atoms with E-state index in [1.54, 1.807) is 6.92 Å². The summed E-state index contributed by atoms with van der Waals surface area (Å²) in [5.41, 5.74) is 0.228. The summed E-state index contributed by atoms with van der Waals surface area (Å²) in [6.45, 7) is 1.89. The molecule has 2 aliphatic rings. The van der Waals surface area contributed by atoms with Crippen molar-refractivity contribution < 1.29 is 18.3 Å². The number of esters is 1. The van der Waals surface area contributed by atoms with Gasteiger partial charge in [-0.15, -0.1) is 0 Å². The molecule has 1 heterocycles. The zero-order valence-electron chi connectivity index (χ0n) is 9.30. The lowest BCUT2D eigenvalue weighted by Gasteiger charge is -2.33. The molecule has 0 radical (unpaired) electrons. The van der Waals surface area contributed by atoms with Crippen LogP contribution in [0.4, 0.5) is 8.78 Å². The van der Waals surface area contributed by atoms with Crippen molar-refractivity contribution in [3.8, 4) is 0 Å². The minimum absolute atomic E-state index is 0.0359. The van der Waals surface area contributed by atoms with Gasteiger partial charge in [0, 0.05) is 11.5 Å². The zero-order chi connectivity index (χ0) is 12.2. The molecule has 4 nitrogen and oxygen atoms in total. The Morgan fingerprint density at radius 2 is 2.35 bits per heavy atom. The standard InChI is InChI=1S/C11H12F2N2O2/c1-2-17-10(16)8-7-5-3-4-6(5)11(12,13)9(7)15-14-8/h5-6H,2-4H2,1H3,(H,14,15)/t5-,6?/m0/s1. The van der Waals surface area contributed by atoms with E-state index in [2.05, 4.69) is 10.2 Å². The fraction of sp³-hybridized carbons (Fsp3) is 0.636. The van der Waals surface area contributed by atoms with Crippen molar-refractivity contribution >= 4 is 5.97 Å². The Balaban J connectivity index is 2.04. The SMILES string of the molecule is CCOC(=O)c1n[nH]c2c1[C@H]1CCC1C2(F)F. The van der Waals surface area contributed by atoms with Crippen LogP contribution in [-0.4, -0.2) is 22.8 Å². The van der Waals surface area contributed by atoms with Gasteiger partial charge >= 0.3 is 5.97 Å². The highest BCUT2D eigenvalue weighted by atomic mass is 19.3. The predicted molar refractivity (Wildman–Crippen MR) is 53.9 cm³/mol. The van der Waals surface area contributed by atoms with Gasteiger partial charge in [-0.25, -0.2) is 4.79 Å². The summed E-state index contributed by atoms with van der Waals surface area (Å²) in [7, 11) is 0. The summed E-state index contributed by atoms with van der Waals surface area (Å²) in [5, 5.41) is 6.01. The van der Waals surface area contributed by atoms with E-state index in [1.165, 1.54) is 0 Å². The molecule has 0 aliphatic heterocycles. The number of H-pyrrole nitrogens is 1. The topological polar surface area (TPSA) is 55.0 Å². The lowest BCUT2D eigenvalue weighted by atomic mass is 9.73. The van der Waals surface area contributed by atoms with Crippen molar-refractivity contribution in [3.05, 3.63) is 17.0 Å². The summed E-state index contributed by atoms with van der Waals surface area (Å²) in [6.07, 6.45) is 1.20. The first kappa shape index (κ1) is 10.7. The van der Waals surface area contributed by atoms with E-state index in [0.29, 0.717) is 18.4 Å². The van der Waals surface area contributed by atoms with Crippen LogP contribution in [0.5, 0.6) is 0 Å². The first-order chi connectivity index (χ1) is 8.07. The molecule has 1 unspecified atom stereocenters. The number of carbonyl (C=O) groups is 1. The van der Waals surface area contributed by atoms with E-state index in [9.17, 15) is 13.6 Å². The van der Waals surface area contributed by atoms with Gasteiger partial charge in [0.1, 0.15) is 5.69 Å². The number of alkyl halides is 2. The molecule has 0 aromatic carbocycles. The molecule has 0 saturated heterocycles. The Morgan fingerprint density at radius 1 is 1.59 bits per heavy atom. The molecule has 0 amide bonds. The minimum Gasteiger partial charge on any atom is -0.461 e. The van der Waals surface area contributed by atoms with Crippen LogP contribution in [0.3, 0.4) is 0 Å². The molecule has 6 heteroatoms. The van der Waals surface area contributed by atoms with E-state index in [-0.39, 0.29) is 23.9 Å². The molecule has 2 atom stereocenters. The minimum atomic E-state index is -2.88. The smallest absolute Gasteiger partial charge is 0.359 e. The van der Waals surface area contributed by atoms with Crippen LogP contribution in [0.2, 0.25) is 0 Å². The molecule has 92 valence electrons. The average molecular weight is 242 g/mol. The number of fused-ring (bicyclic) bond motifs is 3. The molecule has 3 rings (SSSR count). The molecule has 1 aromatic rings. The second-order valence-corrected chi connectivity index (χ2v) is 4.49. The van der Waals surface area contributed by atoms with E-state index in [4.69, 9.17) is 4.74 Å². The third-order valence-corrected chi connectivity index (χ3v) is 3.72. The number of hydrogen-bond acceptors (Lipinski definition) is 3. The normalized spacial score (nSPS) is 28.2. The van der Waals surface area contributed by atoms with Crippen LogP contribution >= 0.6 is 0 Å². The number of halogens is 2.